The smallest absolute Gasteiger partial charge is 0.255 e. The minimum atomic E-state index is -1.29. The minimum Gasteiger partial charge on any atom is -0.394 e. The molecule has 0 saturated carbocycles. The van der Waals surface area contributed by atoms with Gasteiger partial charge >= 0.3 is 0 Å². The first-order valence-electron chi connectivity index (χ1n) is 7.91. The first kappa shape index (κ1) is 25.7. The molecule has 1 unspecified atom stereocenters. The van der Waals surface area contributed by atoms with Crippen molar-refractivity contribution in [3.8, 4) is 0 Å². The van der Waals surface area contributed by atoms with Gasteiger partial charge in [0.15, 0.2) is 0 Å². The highest BCUT2D eigenvalue weighted by Gasteiger charge is 2.30. The molecule has 156 valence electrons. The van der Waals surface area contributed by atoms with Crippen LogP contribution >= 0.6 is 67.8 Å². The standard InChI is InChI=1S/C16H20I3N3O6/c1-6(25)14(26)21-13-11(18)8(15(27)20-7(4-23)5-24)10(17)9(12(13)19)16(28)22(2)3/h6-7,23-25H,4-5H2,1-3H3,(H,20,27)(H,21,26). The van der Waals surface area contributed by atoms with Gasteiger partial charge < -0.3 is 30.9 Å². The Kier molecular flexibility index (Phi) is 10.3. The highest BCUT2D eigenvalue weighted by molar-refractivity contribution is 14.1. The van der Waals surface area contributed by atoms with Crippen molar-refractivity contribution in [1.29, 1.82) is 0 Å². The Balaban J connectivity index is 3.69. The molecule has 1 aromatic carbocycles. The molecular weight excluding hydrogens is 711 g/mol. The van der Waals surface area contributed by atoms with Crippen molar-refractivity contribution < 1.29 is 29.7 Å². The molecule has 0 aliphatic rings. The molecule has 1 aromatic rings. The van der Waals surface area contributed by atoms with Crippen molar-refractivity contribution in [2.45, 2.75) is 19.1 Å². The van der Waals surface area contributed by atoms with Crippen molar-refractivity contribution in [3.05, 3.63) is 21.8 Å². The number of rotatable bonds is 7. The molecule has 0 aliphatic heterocycles. The van der Waals surface area contributed by atoms with E-state index in [9.17, 15) is 29.7 Å². The third kappa shape index (κ3) is 5.87. The molecule has 28 heavy (non-hydrogen) atoms. The lowest BCUT2D eigenvalue weighted by molar-refractivity contribution is -0.123. The van der Waals surface area contributed by atoms with Gasteiger partial charge in [-0.25, -0.2) is 0 Å². The maximum atomic E-state index is 12.8. The third-order valence-corrected chi connectivity index (χ3v) is 6.80. The molecule has 9 nitrogen and oxygen atoms in total. The molecule has 0 saturated heterocycles. The molecule has 0 radical (unpaired) electrons. The number of nitrogens with one attached hydrogen (secondary N) is 2. The van der Waals surface area contributed by atoms with E-state index in [0.29, 0.717) is 10.7 Å². The predicted octanol–water partition coefficient (Wildman–Crippen LogP) is 0.604. The molecule has 1 atom stereocenters. The van der Waals surface area contributed by atoms with Crippen LogP contribution in [0.2, 0.25) is 0 Å². The molecule has 5 N–H and O–H groups in total. The number of amides is 3. The first-order valence-corrected chi connectivity index (χ1v) is 11.1. The number of hydrogen-bond donors (Lipinski definition) is 5. The molecular formula is C16H20I3N3O6. The van der Waals surface area contributed by atoms with Crippen LogP contribution in [-0.2, 0) is 4.79 Å². The van der Waals surface area contributed by atoms with Crippen molar-refractivity contribution in [1.82, 2.24) is 10.2 Å². The molecule has 0 fully saturated rings. The van der Waals surface area contributed by atoms with Crippen LogP contribution in [0.4, 0.5) is 5.69 Å². The van der Waals surface area contributed by atoms with E-state index in [1.54, 1.807) is 14.1 Å². The van der Waals surface area contributed by atoms with E-state index in [2.05, 4.69) is 10.6 Å². The summed E-state index contributed by atoms with van der Waals surface area (Å²) in [4.78, 5) is 38.9. The third-order valence-electron chi connectivity index (χ3n) is 3.57. The number of halogens is 3. The van der Waals surface area contributed by atoms with Gasteiger partial charge in [-0.2, -0.15) is 0 Å². The lowest BCUT2D eigenvalue weighted by Crippen LogP contribution is -2.41. The molecule has 0 bridgehead atoms. The maximum absolute atomic E-state index is 12.8. The Bertz CT molecular complexity index is 782. The van der Waals surface area contributed by atoms with Crippen LogP contribution in [0, 0.1) is 10.7 Å². The molecule has 0 aliphatic carbocycles. The predicted molar refractivity (Wildman–Crippen MR) is 128 cm³/mol. The van der Waals surface area contributed by atoms with E-state index in [-0.39, 0.29) is 22.7 Å². The molecule has 0 heterocycles. The first-order chi connectivity index (χ1) is 13.0. The normalized spacial score (nSPS) is 11.9. The average molecular weight is 731 g/mol. The Morgan fingerprint density at radius 1 is 1.00 bits per heavy atom. The van der Waals surface area contributed by atoms with E-state index >= 15 is 0 Å². The largest absolute Gasteiger partial charge is 0.394 e. The van der Waals surface area contributed by atoms with Crippen LogP contribution in [-0.4, -0.2) is 77.4 Å². The highest BCUT2D eigenvalue weighted by Crippen LogP contribution is 2.36. The number of benzene rings is 1. The quantitative estimate of drug-likeness (QED) is 0.261. The second kappa shape index (κ2) is 11.2. The summed E-state index contributed by atoms with van der Waals surface area (Å²) in [6.45, 7) is 0.373. The van der Waals surface area contributed by atoms with Crippen LogP contribution in [0.25, 0.3) is 0 Å². The van der Waals surface area contributed by atoms with Gasteiger partial charge in [-0.05, 0) is 74.7 Å². The van der Waals surface area contributed by atoms with Gasteiger partial charge in [0.1, 0.15) is 6.10 Å². The van der Waals surface area contributed by atoms with Gasteiger partial charge in [-0.3, -0.25) is 14.4 Å². The fourth-order valence-corrected chi connectivity index (χ4v) is 6.41. The summed E-state index contributed by atoms with van der Waals surface area (Å²) < 4.78 is 1.16. The molecule has 12 heteroatoms. The van der Waals surface area contributed by atoms with Gasteiger partial charge in [0.05, 0.1) is 43.2 Å². The SMILES string of the molecule is CC(O)C(=O)Nc1c(I)c(C(=O)NC(CO)CO)c(I)c(C(=O)N(C)C)c1I. The van der Waals surface area contributed by atoms with Crippen LogP contribution in [0.5, 0.6) is 0 Å². The maximum Gasteiger partial charge on any atom is 0.255 e. The summed E-state index contributed by atoms with van der Waals surface area (Å²) in [7, 11) is 3.13. The van der Waals surface area contributed by atoms with Gasteiger partial charge in [0.25, 0.3) is 17.7 Å². The second-order valence-electron chi connectivity index (χ2n) is 5.97. The van der Waals surface area contributed by atoms with Gasteiger partial charge in [-0.1, -0.05) is 0 Å². The molecule has 0 spiro atoms. The van der Waals surface area contributed by atoms with Gasteiger partial charge in [0, 0.05) is 17.7 Å². The van der Waals surface area contributed by atoms with Crippen molar-refractivity contribution in [2.75, 3.05) is 32.6 Å². The fourth-order valence-electron chi connectivity index (χ4n) is 2.02. The Morgan fingerprint density at radius 3 is 1.93 bits per heavy atom. The molecule has 0 aromatic heterocycles. The van der Waals surface area contributed by atoms with E-state index in [0.717, 1.165) is 0 Å². The number of carbonyl (C=O) groups excluding carboxylic acids is 3. The number of hydrogen-bond acceptors (Lipinski definition) is 6. The molecule has 1 rings (SSSR count). The van der Waals surface area contributed by atoms with Crippen LogP contribution in [0.3, 0.4) is 0 Å². The summed E-state index contributed by atoms with van der Waals surface area (Å²) in [5, 5.41) is 33.0. The van der Waals surface area contributed by atoms with E-state index in [1.807, 2.05) is 67.8 Å². The summed E-state index contributed by atoms with van der Waals surface area (Å²) in [5.41, 5.74) is 0.578. The number of aliphatic hydroxyl groups excluding tert-OH is 3. The van der Waals surface area contributed by atoms with Crippen LogP contribution in [0.1, 0.15) is 27.6 Å². The van der Waals surface area contributed by atoms with Crippen LogP contribution < -0.4 is 10.6 Å². The fraction of sp³-hybridized carbons (Fsp3) is 0.438. The Labute approximate surface area is 203 Å². The zero-order valence-electron chi connectivity index (χ0n) is 15.2. The van der Waals surface area contributed by atoms with Crippen molar-refractivity contribution >= 4 is 91.2 Å². The van der Waals surface area contributed by atoms with E-state index < -0.39 is 37.2 Å². The number of nitrogens with zero attached hydrogens (tertiary/aromatic N) is 1. The Hall–Kier alpha value is -0.300. The number of carbonyl (C=O) groups is 3. The topological polar surface area (TPSA) is 139 Å². The zero-order chi connectivity index (χ0) is 21.8. The van der Waals surface area contributed by atoms with E-state index in [1.165, 1.54) is 11.8 Å². The second-order valence-corrected chi connectivity index (χ2v) is 9.20. The summed E-state index contributed by atoms with van der Waals surface area (Å²) >= 11 is 5.67. The highest BCUT2D eigenvalue weighted by atomic mass is 127. The lowest BCUT2D eigenvalue weighted by atomic mass is 10.1. The summed E-state index contributed by atoms with van der Waals surface area (Å²) in [5.74, 6) is -1.67. The van der Waals surface area contributed by atoms with Crippen LogP contribution in [0.15, 0.2) is 0 Å². The lowest BCUT2D eigenvalue weighted by Gasteiger charge is -2.22. The minimum absolute atomic E-state index is 0.125. The van der Waals surface area contributed by atoms with Gasteiger partial charge in [0.2, 0.25) is 0 Å². The summed E-state index contributed by atoms with van der Waals surface area (Å²) in [6, 6.07) is -0.873. The number of anilines is 1. The Morgan fingerprint density at radius 2 is 1.50 bits per heavy atom. The monoisotopic (exact) mass is 731 g/mol. The van der Waals surface area contributed by atoms with Crippen molar-refractivity contribution in [2.24, 2.45) is 0 Å². The van der Waals surface area contributed by atoms with Crippen molar-refractivity contribution in [3.63, 3.8) is 0 Å². The van der Waals surface area contributed by atoms with Gasteiger partial charge in [-0.15, -0.1) is 0 Å². The zero-order valence-corrected chi connectivity index (χ0v) is 21.7. The van der Waals surface area contributed by atoms with E-state index in [4.69, 9.17) is 0 Å². The molecule has 3 amide bonds. The average Bonchev–Trinajstić information content (AvgIpc) is 2.62. The summed E-state index contributed by atoms with van der Waals surface area (Å²) in [6.07, 6.45) is -1.29. The number of aliphatic hydroxyl groups is 3.